The van der Waals surface area contributed by atoms with Gasteiger partial charge in [0.25, 0.3) is 0 Å². The van der Waals surface area contributed by atoms with E-state index in [-0.39, 0.29) is 5.82 Å². The Balaban J connectivity index is 2.60. The van der Waals surface area contributed by atoms with E-state index in [0.717, 1.165) is 18.7 Å². The molecule has 18 heavy (non-hydrogen) atoms. The molecule has 0 saturated carbocycles. The van der Waals surface area contributed by atoms with E-state index in [0.29, 0.717) is 11.7 Å². The molecular weight excluding hydrogens is 230 g/mol. The first kappa shape index (κ1) is 14.4. The fraction of sp³-hybridized carbons (Fsp3) is 0.615. The van der Waals surface area contributed by atoms with Crippen LogP contribution in [0.25, 0.3) is 0 Å². The lowest BCUT2D eigenvalue weighted by Crippen LogP contribution is -2.12. The molecule has 5 heteroatoms. The summed E-state index contributed by atoms with van der Waals surface area (Å²) in [6.45, 7) is 7.07. The van der Waals surface area contributed by atoms with Crippen molar-refractivity contribution in [3.8, 4) is 0 Å². The second kappa shape index (κ2) is 6.93. The van der Waals surface area contributed by atoms with E-state index < -0.39 is 5.97 Å². The van der Waals surface area contributed by atoms with E-state index >= 15 is 0 Å². The van der Waals surface area contributed by atoms with Crippen molar-refractivity contribution in [3.63, 3.8) is 0 Å². The van der Waals surface area contributed by atoms with Crippen LogP contribution in [0.15, 0.2) is 6.07 Å². The molecule has 0 saturated heterocycles. The molecule has 0 bridgehead atoms. The average molecular weight is 251 g/mol. The Morgan fingerprint density at radius 3 is 2.78 bits per heavy atom. The van der Waals surface area contributed by atoms with Gasteiger partial charge in [0.05, 0.1) is 7.11 Å². The van der Waals surface area contributed by atoms with Gasteiger partial charge in [0.1, 0.15) is 5.82 Å². The lowest BCUT2D eigenvalue weighted by atomic mass is 10.1. The number of esters is 1. The highest BCUT2D eigenvalue weighted by Gasteiger charge is 2.11. The predicted molar refractivity (Wildman–Crippen MR) is 70.7 cm³/mol. The van der Waals surface area contributed by atoms with Gasteiger partial charge in [-0.3, -0.25) is 0 Å². The molecule has 0 aliphatic heterocycles. The summed E-state index contributed by atoms with van der Waals surface area (Å²) < 4.78 is 4.61. The molecule has 0 aromatic carbocycles. The van der Waals surface area contributed by atoms with Gasteiger partial charge in [-0.25, -0.2) is 14.8 Å². The molecule has 5 nitrogen and oxygen atoms in total. The van der Waals surface area contributed by atoms with Crippen LogP contribution >= 0.6 is 0 Å². The standard InChI is InChI=1S/C13H21N3O2/c1-9(2)6-5-7-14-11-8-10(3)15-12(16-11)13(17)18-4/h8-9H,5-7H2,1-4H3,(H,14,15,16). The molecule has 1 rings (SSSR count). The number of anilines is 1. The third-order valence-corrected chi connectivity index (χ3v) is 2.49. The maximum absolute atomic E-state index is 11.4. The van der Waals surface area contributed by atoms with Crippen LogP contribution in [0, 0.1) is 12.8 Å². The number of methoxy groups -OCH3 is 1. The van der Waals surface area contributed by atoms with Crippen LogP contribution in [0.2, 0.25) is 0 Å². The minimum Gasteiger partial charge on any atom is -0.463 e. The first-order valence-corrected chi connectivity index (χ1v) is 6.20. The highest BCUT2D eigenvalue weighted by atomic mass is 16.5. The van der Waals surface area contributed by atoms with Crippen LogP contribution in [0.4, 0.5) is 5.82 Å². The number of ether oxygens (including phenoxy) is 1. The Kier molecular flexibility index (Phi) is 5.55. The summed E-state index contributed by atoms with van der Waals surface area (Å²) in [6.07, 6.45) is 2.25. The summed E-state index contributed by atoms with van der Waals surface area (Å²) in [4.78, 5) is 19.5. The van der Waals surface area contributed by atoms with Crippen molar-refractivity contribution >= 4 is 11.8 Å². The molecule has 0 aliphatic carbocycles. The van der Waals surface area contributed by atoms with E-state index in [1.807, 2.05) is 13.0 Å². The third-order valence-electron chi connectivity index (χ3n) is 2.49. The van der Waals surface area contributed by atoms with Gasteiger partial charge in [-0.1, -0.05) is 13.8 Å². The van der Waals surface area contributed by atoms with Crippen LogP contribution in [0.1, 0.15) is 43.0 Å². The second-order valence-electron chi connectivity index (χ2n) is 4.67. The number of rotatable bonds is 6. The van der Waals surface area contributed by atoms with Crippen LogP contribution in [-0.4, -0.2) is 29.6 Å². The molecule has 0 radical (unpaired) electrons. The summed E-state index contributed by atoms with van der Waals surface area (Å²) in [5, 5.41) is 3.20. The maximum atomic E-state index is 11.4. The normalized spacial score (nSPS) is 10.5. The van der Waals surface area contributed by atoms with Crippen molar-refractivity contribution in [1.82, 2.24) is 9.97 Å². The van der Waals surface area contributed by atoms with E-state index in [1.165, 1.54) is 13.5 Å². The Morgan fingerprint density at radius 1 is 1.44 bits per heavy atom. The maximum Gasteiger partial charge on any atom is 0.376 e. The van der Waals surface area contributed by atoms with Crippen molar-refractivity contribution in [2.75, 3.05) is 19.0 Å². The molecule has 100 valence electrons. The number of hydrogen-bond acceptors (Lipinski definition) is 5. The lowest BCUT2D eigenvalue weighted by Gasteiger charge is -2.08. The average Bonchev–Trinajstić information content (AvgIpc) is 2.32. The number of hydrogen-bond donors (Lipinski definition) is 1. The Hall–Kier alpha value is -1.65. The zero-order valence-electron chi connectivity index (χ0n) is 11.5. The summed E-state index contributed by atoms with van der Waals surface area (Å²) in [6, 6.07) is 1.82. The summed E-state index contributed by atoms with van der Waals surface area (Å²) in [5.74, 6) is 0.962. The second-order valence-corrected chi connectivity index (χ2v) is 4.67. The zero-order chi connectivity index (χ0) is 13.5. The number of carbonyl (C=O) groups excluding carboxylic acids is 1. The van der Waals surface area contributed by atoms with Crippen molar-refractivity contribution in [3.05, 3.63) is 17.6 Å². The number of nitrogens with one attached hydrogen (secondary N) is 1. The molecule has 0 aliphatic rings. The van der Waals surface area contributed by atoms with Gasteiger partial charge in [0.2, 0.25) is 5.82 Å². The molecular formula is C13H21N3O2. The highest BCUT2D eigenvalue weighted by molar-refractivity contribution is 5.85. The Labute approximate surface area is 108 Å². The van der Waals surface area contributed by atoms with Crippen LogP contribution < -0.4 is 5.32 Å². The van der Waals surface area contributed by atoms with Gasteiger partial charge in [0.15, 0.2) is 0 Å². The van der Waals surface area contributed by atoms with Crippen molar-refractivity contribution < 1.29 is 9.53 Å². The van der Waals surface area contributed by atoms with Gasteiger partial charge in [-0.15, -0.1) is 0 Å². The molecule has 0 atom stereocenters. The number of carbonyl (C=O) groups is 1. The van der Waals surface area contributed by atoms with Crippen molar-refractivity contribution in [1.29, 1.82) is 0 Å². The molecule has 1 heterocycles. The number of aromatic nitrogens is 2. The van der Waals surface area contributed by atoms with Crippen molar-refractivity contribution in [2.24, 2.45) is 5.92 Å². The van der Waals surface area contributed by atoms with Crippen molar-refractivity contribution in [2.45, 2.75) is 33.6 Å². The van der Waals surface area contributed by atoms with E-state index in [9.17, 15) is 4.79 Å². The molecule has 1 N–H and O–H groups in total. The van der Waals surface area contributed by atoms with Gasteiger partial charge in [0, 0.05) is 18.3 Å². The largest absolute Gasteiger partial charge is 0.463 e. The predicted octanol–water partition coefficient (Wildman–Crippen LogP) is 2.42. The van der Waals surface area contributed by atoms with E-state index in [1.54, 1.807) is 0 Å². The summed E-state index contributed by atoms with van der Waals surface area (Å²) >= 11 is 0. The SMILES string of the molecule is COC(=O)c1nc(C)cc(NCCCC(C)C)n1. The fourth-order valence-corrected chi connectivity index (χ4v) is 1.57. The minimum absolute atomic E-state index is 0.101. The van der Waals surface area contributed by atoms with E-state index in [2.05, 4.69) is 33.9 Å². The molecule has 1 aromatic rings. The molecule has 0 unspecified atom stereocenters. The molecule has 0 spiro atoms. The lowest BCUT2D eigenvalue weighted by molar-refractivity contribution is 0.0586. The van der Waals surface area contributed by atoms with Crippen LogP contribution in [0.5, 0.6) is 0 Å². The Bertz CT molecular complexity index is 405. The molecule has 0 fully saturated rings. The zero-order valence-corrected chi connectivity index (χ0v) is 11.5. The topological polar surface area (TPSA) is 64.1 Å². The first-order chi connectivity index (χ1) is 8.52. The van der Waals surface area contributed by atoms with Gasteiger partial charge in [-0.2, -0.15) is 0 Å². The van der Waals surface area contributed by atoms with Gasteiger partial charge >= 0.3 is 5.97 Å². The first-order valence-electron chi connectivity index (χ1n) is 6.20. The quantitative estimate of drug-likeness (QED) is 0.621. The third kappa shape index (κ3) is 4.69. The molecule has 0 amide bonds. The summed E-state index contributed by atoms with van der Waals surface area (Å²) in [7, 11) is 1.32. The van der Waals surface area contributed by atoms with E-state index in [4.69, 9.17) is 0 Å². The highest BCUT2D eigenvalue weighted by Crippen LogP contribution is 2.08. The monoisotopic (exact) mass is 251 g/mol. The fourth-order valence-electron chi connectivity index (χ4n) is 1.57. The minimum atomic E-state index is -0.510. The van der Waals surface area contributed by atoms with Crippen LogP contribution in [0.3, 0.4) is 0 Å². The Morgan fingerprint density at radius 2 is 2.17 bits per heavy atom. The van der Waals surface area contributed by atoms with Crippen LogP contribution in [-0.2, 0) is 4.74 Å². The number of aryl methyl sites for hydroxylation is 1. The van der Waals surface area contributed by atoms with Gasteiger partial charge < -0.3 is 10.1 Å². The van der Waals surface area contributed by atoms with Gasteiger partial charge in [-0.05, 0) is 25.7 Å². The smallest absolute Gasteiger partial charge is 0.376 e. The number of nitrogens with zero attached hydrogens (tertiary/aromatic N) is 2. The summed E-state index contributed by atoms with van der Waals surface area (Å²) in [5.41, 5.74) is 0.747. The molecule has 1 aromatic heterocycles.